The molecule has 0 amide bonds. The van der Waals surface area contributed by atoms with Crippen LogP contribution in [0, 0.1) is 5.92 Å². The average Bonchev–Trinajstić information content (AvgIpc) is 2.73. The summed E-state index contributed by atoms with van der Waals surface area (Å²) in [5.41, 5.74) is 10.1. The summed E-state index contributed by atoms with van der Waals surface area (Å²) in [5.74, 6) is 1.42. The molecule has 2 aromatic rings. The lowest BCUT2D eigenvalue weighted by Gasteiger charge is -2.32. The third kappa shape index (κ3) is 7.00. The maximum atomic E-state index is 12.1. The van der Waals surface area contributed by atoms with Crippen molar-refractivity contribution in [1.82, 2.24) is 4.72 Å². The van der Waals surface area contributed by atoms with E-state index in [4.69, 9.17) is 33.7 Å². The van der Waals surface area contributed by atoms with Crippen LogP contribution < -0.4 is 15.2 Å². The molecule has 2 unspecified atom stereocenters. The van der Waals surface area contributed by atoms with E-state index in [0.717, 1.165) is 49.8 Å². The zero-order valence-corrected chi connectivity index (χ0v) is 21.6. The molecule has 2 atom stereocenters. The van der Waals surface area contributed by atoms with Crippen LogP contribution in [0.4, 0.5) is 0 Å². The first-order chi connectivity index (χ1) is 15.3. The monoisotopic (exact) mass is 532 g/mol. The summed E-state index contributed by atoms with van der Waals surface area (Å²) >= 11 is 12.3. The number of sulfonamides is 1. The number of hydrogen-bond donors (Lipinski definition) is 2. The lowest BCUT2D eigenvalue weighted by molar-refractivity contribution is 0.319. The zero-order chi connectivity index (χ0) is 22.7. The number of ether oxygens (including phenoxy) is 1. The fraction of sp³-hybridized carbons (Fsp3) is 0.500. The molecule has 2 aliphatic carbocycles. The van der Waals surface area contributed by atoms with E-state index in [1.807, 2.05) is 24.3 Å². The van der Waals surface area contributed by atoms with Crippen molar-refractivity contribution in [2.24, 2.45) is 11.7 Å². The Labute approximate surface area is 212 Å². The van der Waals surface area contributed by atoms with E-state index in [2.05, 4.69) is 16.9 Å². The Bertz CT molecular complexity index is 1060. The largest absolute Gasteiger partial charge is 0.492 e. The van der Waals surface area contributed by atoms with Crippen molar-refractivity contribution < 1.29 is 13.2 Å². The number of benzene rings is 2. The molecule has 2 aliphatic rings. The Morgan fingerprint density at radius 2 is 1.85 bits per heavy atom. The van der Waals surface area contributed by atoms with Gasteiger partial charge in [-0.1, -0.05) is 41.8 Å². The summed E-state index contributed by atoms with van der Waals surface area (Å²) in [6, 6.07) is 11.9. The van der Waals surface area contributed by atoms with E-state index >= 15 is 0 Å². The van der Waals surface area contributed by atoms with Crippen molar-refractivity contribution in [3.63, 3.8) is 0 Å². The van der Waals surface area contributed by atoms with Gasteiger partial charge in [0.05, 0.1) is 15.8 Å². The second-order valence-electron chi connectivity index (χ2n) is 8.94. The number of fused-ring (bicyclic) bond motifs is 1. The number of halogens is 3. The van der Waals surface area contributed by atoms with Gasteiger partial charge in [-0.05, 0) is 79.0 Å². The van der Waals surface area contributed by atoms with Crippen molar-refractivity contribution in [1.29, 1.82) is 0 Å². The van der Waals surface area contributed by atoms with E-state index in [0.29, 0.717) is 16.0 Å². The van der Waals surface area contributed by atoms with Crippen molar-refractivity contribution in [3.05, 3.63) is 63.1 Å². The van der Waals surface area contributed by atoms with E-state index in [1.165, 1.54) is 11.1 Å². The molecular weight excluding hydrogens is 503 g/mol. The number of nitrogens with two attached hydrogens (primary N) is 1. The fourth-order valence-corrected chi connectivity index (χ4v) is 6.35. The minimum Gasteiger partial charge on any atom is -0.492 e. The zero-order valence-electron chi connectivity index (χ0n) is 18.4. The molecule has 0 aliphatic heterocycles. The summed E-state index contributed by atoms with van der Waals surface area (Å²) in [7, 11) is -3.23. The van der Waals surface area contributed by atoms with Gasteiger partial charge in [-0.15, -0.1) is 12.4 Å². The van der Waals surface area contributed by atoms with Crippen molar-refractivity contribution >= 4 is 45.6 Å². The highest BCUT2D eigenvalue weighted by molar-refractivity contribution is 7.89. The highest BCUT2D eigenvalue weighted by Crippen LogP contribution is 2.36. The molecule has 1 saturated carbocycles. The summed E-state index contributed by atoms with van der Waals surface area (Å²) in [5, 5.41) is 1.09. The Morgan fingerprint density at radius 3 is 2.55 bits per heavy atom. The molecule has 0 radical (unpaired) electrons. The van der Waals surface area contributed by atoms with Gasteiger partial charge in [0, 0.05) is 18.5 Å². The Balaban J connectivity index is 0.00000306. The molecule has 0 aromatic heterocycles. The summed E-state index contributed by atoms with van der Waals surface area (Å²) in [6.45, 7) is 0.546. The summed E-state index contributed by atoms with van der Waals surface area (Å²) < 4.78 is 32.8. The molecule has 0 spiro atoms. The van der Waals surface area contributed by atoms with Crippen LogP contribution in [-0.2, 0) is 22.9 Å². The SMILES string of the molecule is Cl.NC1CCc2ccc(OCCNS(=O)(=O)CC3CCC3)cc2C1Cc1ccc(Cl)c(Cl)c1. The van der Waals surface area contributed by atoms with Crippen LogP contribution >= 0.6 is 35.6 Å². The fourth-order valence-electron chi connectivity index (χ4n) is 4.57. The standard InChI is InChI=1S/C24H30Cl2N2O3S.ClH/c25-22-8-4-17(13-23(22)26)12-21-20-14-19(7-5-18(20)6-9-24(21)27)31-11-10-28-32(29,30)15-16-2-1-3-16;/h4-5,7-8,13-14,16,21,24,28H,1-3,6,9-12,15,27H2;1H. The summed E-state index contributed by atoms with van der Waals surface area (Å²) in [6.07, 6.45) is 5.81. The number of hydrogen-bond acceptors (Lipinski definition) is 4. The molecule has 1 fully saturated rings. The molecule has 0 saturated heterocycles. The molecule has 182 valence electrons. The van der Waals surface area contributed by atoms with Gasteiger partial charge in [0.25, 0.3) is 0 Å². The van der Waals surface area contributed by atoms with Gasteiger partial charge in [0.1, 0.15) is 12.4 Å². The molecule has 9 heteroatoms. The Morgan fingerprint density at radius 1 is 1.06 bits per heavy atom. The highest BCUT2D eigenvalue weighted by atomic mass is 35.5. The first kappa shape index (κ1) is 26.6. The van der Waals surface area contributed by atoms with Crippen LogP contribution in [0.25, 0.3) is 0 Å². The van der Waals surface area contributed by atoms with Gasteiger partial charge in [-0.2, -0.15) is 0 Å². The van der Waals surface area contributed by atoms with Gasteiger partial charge < -0.3 is 10.5 Å². The highest BCUT2D eigenvalue weighted by Gasteiger charge is 2.28. The predicted molar refractivity (Wildman–Crippen MR) is 138 cm³/mol. The predicted octanol–water partition coefficient (Wildman–Crippen LogP) is 5.11. The van der Waals surface area contributed by atoms with Crippen molar-refractivity contribution in [2.75, 3.05) is 18.9 Å². The smallest absolute Gasteiger partial charge is 0.211 e. The van der Waals surface area contributed by atoms with Gasteiger partial charge in [0.2, 0.25) is 10.0 Å². The molecule has 0 heterocycles. The first-order valence-electron chi connectivity index (χ1n) is 11.2. The average molecular weight is 534 g/mol. The first-order valence-corrected chi connectivity index (χ1v) is 13.6. The van der Waals surface area contributed by atoms with Gasteiger partial charge in [0.15, 0.2) is 0 Å². The minimum absolute atomic E-state index is 0. The second kappa shape index (κ2) is 11.6. The quantitative estimate of drug-likeness (QED) is 0.439. The Hall–Kier alpha value is -1.02. The third-order valence-corrected chi connectivity index (χ3v) is 8.89. The van der Waals surface area contributed by atoms with Crippen LogP contribution in [0.5, 0.6) is 5.75 Å². The molecule has 4 rings (SSSR count). The molecular formula is C24H31Cl3N2O3S. The Kier molecular flexibility index (Phi) is 9.35. The van der Waals surface area contributed by atoms with Gasteiger partial charge in [-0.25, -0.2) is 13.1 Å². The molecule has 2 aromatic carbocycles. The van der Waals surface area contributed by atoms with Gasteiger partial charge in [-0.3, -0.25) is 0 Å². The van der Waals surface area contributed by atoms with Crippen LogP contribution in [0.2, 0.25) is 10.0 Å². The van der Waals surface area contributed by atoms with E-state index in [-0.39, 0.29) is 43.3 Å². The number of aryl methyl sites for hydroxylation is 1. The maximum absolute atomic E-state index is 12.1. The topological polar surface area (TPSA) is 81.4 Å². The lowest BCUT2D eigenvalue weighted by atomic mass is 9.76. The van der Waals surface area contributed by atoms with Crippen LogP contribution in [0.1, 0.15) is 48.3 Å². The van der Waals surface area contributed by atoms with E-state index < -0.39 is 10.0 Å². The van der Waals surface area contributed by atoms with Crippen molar-refractivity contribution in [2.45, 2.75) is 50.5 Å². The molecule has 33 heavy (non-hydrogen) atoms. The lowest BCUT2D eigenvalue weighted by Crippen LogP contribution is -2.35. The number of rotatable bonds is 9. The van der Waals surface area contributed by atoms with Crippen LogP contribution in [0.3, 0.4) is 0 Å². The minimum atomic E-state index is -3.23. The third-order valence-electron chi connectivity index (χ3n) is 6.59. The maximum Gasteiger partial charge on any atom is 0.211 e. The normalized spacial score (nSPS) is 20.5. The second-order valence-corrected chi connectivity index (χ2v) is 11.6. The van der Waals surface area contributed by atoms with Crippen LogP contribution in [-0.4, -0.2) is 33.4 Å². The van der Waals surface area contributed by atoms with E-state index in [1.54, 1.807) is 0 Å². The van der Waals surface area contributed by atoms with E-state index in [9.17, 15) is 8.42 Å². The number of nitrogens with one attached hydrogen (secondary N) is 1. The van der Waals surface area contributed by atoms with Crippen LogP contribution in [0.15, 0.2) is 36.4 Å². The summed E-state index contributed by atoms with van der Waals surface area (Å²) in [4.78, 5) is 0. The van der Waals surface area contributed by atoms with Gasteiger partial charge >= 0.3 is 0 Å². The molecule has 5 nitrogen and oxygen atoms in total. The molecule has 0 bridgehead atoms. The van der Waals surface area contributed by atoms with Crippen molar-refractivity contribution in [3.8, 4) is 5.75 Å². The molecule has 3 N–H and O–H groups in total.